The molecule has 0 radical (unpaired) electrons. The number of halogens is 4. The van der Waals surface area contributed by atoms with E-state index in [0.717, 1.165) is 37.1 Å². The highest BCUT2D eigenvalue weighted by atomic mass is 35.5. The summed E-state index contributed by atoms with van der Waals surface area (Å²) >= 11 is 0. The molecule has 1 aliphatic rings. The number of carbonyl (C=O) groups excluding carboxylic acids is 2. The topological polar surface area (TPSA) is 61.4 Å². The molecule has 1 aromatic rings. The molecule has 1 aliphatic heterocycles. The Kier molecular flexibility index (Phi) is 7.69. The van der Waals surface area contributed by atoms with E-state index in [1.807, 2.05) is 7.05 Å². The van der Waals surface area contributed by atoms with Crippen LogP contribution in [0.3, 0.4) is 0 Å². The molecule has 1 atom stereocenters. The molecule has 140 valence electrons. The predicted octanol–water partition coefficient (Wildman–Crippen LogP) is 2.07. The molecule has 1 heterocycles. The lowest BCUT2D eigenvalue weighted by molar-refractivity contribution is -0.137. The summed E-state index contributed by atoms with van der Waals surface area (Å²) in [4.78, 5) is 25.9. The van der Waals surface area contributed by atoms with E-state index < -0.39 is 17.6 Å². The van der Waals surface area contributed by atoms with Crippen molar-refractivity contribution in [2.45, 2.75) is 25.1 Å². The Morgan fingerprint density at radius 3 is 2.44 bits per heavy atom. The summed E-state index contributed by atoms with van der Waals surface area (Å²) in [6, 6.07) is 4.01. The summed E-state index contributed by atoms with van der Waals surface area (Å²) in [5, 5.41) is 5.49. The Balaban J connectivity index is 0.00000312. The van der Waals surface area contributed by atoms with Crippen molar-refractivity contribution < 1.29 is 22.8 Å². The second-order valence-corrected chi connectivity index (χ2v) is 5.70. The largest absolute Gasteiger partial charge is 0.416 e. The summed E-state index contributed by atoms with van der Waals surface area (Å²) in [6.07, 6.45) is -2.60. The van der Waals surface area contributed by atoms with Crippen LogP contribution in [0, 0.1) is 0 Å². The van der Waals surface area contributed by atoms with Crippen LogP contribution in [0.1, 0.15) is 28.8 Å². The van der Waals surface area contributed by atoms with Gasteiger partial charge in [-0.25, -0.2) is 0 Å². The third-order valence-electron chi connectivity index (χ3n) is 4.01. The second kappa shape index (κ2) is 9.05. The number of nitrogens with zero attached hydrogens (tertiary/aromatic N) is 1. The molecule has 5 nitrogen and oxygen atoms in total. The monoisotopic (exact) mass is 379 g/mol. The molecule has 0 aromatic heterocycles. The van der Waals surface area contributed by atoms with E-state index in [2.05, 4.69) is 10.6 Å². The third kappa shape index (κ3) is 5.61. The lowest BCUT2D eigenvalue weighted by Crippen LogP contribution is -2.45. The fraction of sp³-hybridized carbons (Fsp3) is 0.500. The molecule has 1 aromatic carbocycles. The molecule has 2 N–H and O–H groups in total. The van der Waals surface area contributed by atoms with Crippen LogP contribution >= 0.6 is 12.4 Å². The minimum Gasteiger partial charge on any atom is -0.343 e. The molecule has 1 unspecified atom stereocenters. The van der Waals surface area contributed by atoms with Crippen molar-refractivity contribution in [3.8, 4) is 0 Å². The zero-order valence-corrected chi connectivity index (χ0v) is 14.5. The maximum atomic E-state index is 12.5. The number of likely N-dealkylation sites (tertiary alicyclic amines) is 1. The van der Waals surface area contributed by atoms with E-state index >= 15 is 0 Å². The Hall–Kier alpha value is -1.80. The summed E-state index contributed by atoms with van der Waals surface area (Å²) < 4.78 is 37.5. The molecule has 0 saturated carbocycles. The molecule has 1 saturated heterocycles. The predicted molar refractivity (Wildman–Crippen MR) is 89.7 cm³/mol. The van der Waals surface area contributed by atoms with Gasteiger partial charge in [-0.15, -0.1) is 12.4 Å². The Labute approximate surface area is 150 Å². The maximum absolute atomic E-state index is 12.5. The SMILES string of the molecule is CNCC1CCCN1C(=O)CNC(=O)c1ccc(C(F)(F)F)cc1.Cl. The highest BCUT2D eigenvalue weighted by Gasteiger charge is 2.30. The molecule has 0 aliphatic carbocycles. The fourth-order valence-electron chi connectivity index (χ4n) is 2.78. The molecule has 2 amide bonds. The summed E-state index contributed by atoms with van der Waals surface area (Å²) in [7, 11) is 1.81. The van der Waals surface area contributed by atoms with E-state index in [0.29, 0.717) is 13.1 Å². The first kappa shape index (κ1) is 21.2. The molecular formula is C16H21ClF3N3O2. The summed E-state index contributed by atoms with van der Waals surface area (Å²) in [6.45, 7) is 1.18. The number of amides is 2. The first-order valence-electron chi connectivity index (χ1n) is 7.72. The minimum absolute atomic E-state index is 0. The van der Waals surface area contributed by atoms with Gasteiger partial charge in [-0.3, -0.25) is 9.59 Å². The number of likely N-dealkylation sites (N-methyl/N-ethyl adjacent to an activating group) is 1. The van der Waals surface area contributed by atoms with Crippen molar-refractivity contribution in [3.63, 3.8) is 0 Å². The van der Waals surface area contributed by atoms with Crippen molar-refractivity contribution in [3.05, 3.63) is 35.4 Å². The quantitative estimate of drug-likeness (QED) is 0.823. The summed E-state index contributed by atoms with van der Waals surface area (Å²) in [5.41, 5.74) is -0.730. The number of hydrogen-bond donors (Lipinski definition) is 2. The molecular weight excluding hydrogens is 359 g/mol. The molecule has 0 bridgehead atoms. The average molecular weight is 380 g/mol. The van der Waals surface area contributed by atoms with Gasteiger partial charge in [0.05, 0.1) is 12.1 Å². The maximum Gasteiger partial charge on any atom is 0.416 e. The van der Waals surface area contributed by atoms with Crippen LogP contribution in [0.4, 0.5) is 13.2 Å². The van der Waals surface area contributed by atoms with Crippen molar-refractivity contribution in [1.82, 2.24) is 15.5 Å². The summed E-state index contributed by atoms with van der Waals surface area (Å²) in [5.74, 6) is -0.755. The zero-order chi connectivity index (χ0) is 17.7. The van der Waals surface area contributed by atoms with E-state index in [1.165, 1.54) is 0 Å². The van der Waals surface area contributed by atoms with Crippen LogP contribution < -0.4 is 10.6 Å². The van der Waals surface area contributed by atoms with Gasteiger partial charge in [0.1, 0.15) is 0 Å². The van der Waals surface area contributed by atoms with Crippen LogP contribution in [0.25, 0.3) is 0 Å². The molecule has 1 fully saturated rings. The van der Waals surface area contributed by atoms with Crippen molar-refractivity contribution >= 4 is 24.2 Å². The standard InChI is InChI=1S/C16H20F3N3O2.ClH/c1-20-9-13-3-2-8-22(13)14(23)10-21-15(24)11-4-6-12(7-5-11)16(17,18)19;/h4-7,13,20H,2-3,8-10H2,1H3,(H,21,24);1H. The molecule has 25 heavy (non-hydrogen) atoms. The Bertz CT molecular complexity index is 593. The highest BCUT2D eigenvalue weighted by Crippen LogP contribution is 2.29. The number of nitrogens with one attached hydrogen (secondary N) is 2. The van der Waals surface area contributed by atoms with E-state index in [9.17, 15) is 22.8 Å². The van der Waals surface area contributed by atoms with E-state index in [-0.39, 0.29) is 36.5 Å². The lowest BCUT2D eigenvalue weighted by atomic mass is 10.1. The van der Waals surface area contributed by atoms with Crippen molar-refractivity contribution in [2.24, 2.45) is 0 Å². The van der Waals surface area contributed by atoms with Crippen LogP contribution in [-0.2, 0) is 11.0 Å². The fourth-order valence-corrected chi connectivity index (χ4v) is 2.78. The van der Waals surface area contributed by atoms with Gasteiger partial charge in [-0.1, -0.05) is 0 Å². The number of hydrogen-bond acceptors (Lipinski definition) is 3. The first-order chi connectivity index (χ1) is 11.3. The number of alkyl halides is 3. The van der Waals surface area contributed by atoms with Gasteiger partial charge in [-0.05, 0) is 44.2 Å². The van der Waals surface area contributed by atoms with Crippen LogP contribution in [0.2, 0.25) is 0 Å². The van der Waals surface area contributed by atoms with E-state index in [1.54, 1.807) is 4.90 Å². The number of rotatable bonds is 5. The second-order valence-electron chi connectivity index (χ2n) is 5.70. The van der Waals surface area contributed by atoms with Crippen molar-refractivity contribution in [2.75, 3.05) is 26.7 Å². The van der Waals surface area contributed by atoms with Gasteiger partial charge in [-0.2, -0.15) is 13.2 Å². The van der Waals surface area contributed by atoms with Crippen LogP contribution in [-0.4, -0.2) is 49.4 Å². The minimum atomic E-state index is -4.44. The number of benzene rings is 1. The van der Waals surface area contributed by atoms with E-state index in [4.69, 9.17) is 0 Å². The van der Waals surface area contributed by atoms with Gasteiger partial charge in [0.25, 0.3) is 5.91 Å². The van der Waals surface area contributed by atoms with Crippen LogP contribution in [0.15, 0.2) is 24.3 Å². The normalized spacial score (nSPS) is 17.1. The third-order valence-corrected chi connectivity index (χ3v) is 4.01. The van der Waals surface area contributed by atoms with Crippen LogP contribution in [0.5, 0.6) is 0 Å². The van der Waals surface area contributed by atoms with Gasteiger partial charge in [0.15, 0.2) is 0 Å². The average Bonchev–Trinajstić information content (AvgIpc) is 3.00. The molecule has 0 spiro atoms. The molecule has 2 rings (SSSR count). The van der Waals surface area contributed by atoms with Gasteiger partial charge in [0, 0.05) is 24.7 Å². The van der Waals surface area contributed by atoms with Gasteiger partial charge < -0.3 is 15.5 Å². The Morgan fingerprint density at radius 2 is 1.88 bits per heavy atom. The van der Waals surface area contributed by atoms with Gasteiger partial charge in [0.2, 0.25) is 5.91 Å². The number of carbonyl (C=O) groups is 2. The zero-order valence-electron chi connectivity index (χ0n) is 13.7. The lowest BCUT2D eigenvalue weighted by Gasteiger charge is -2.24. The Morgan fingerprint density at radius 1 is 1.24 bits per heavy atom. The smallest absolute Gasteiger partial charge is 0.343 e. The first-order valence-corrected chi connectivity index (χ1v) is 7.72. The molecule has 9 heteroatoms. The van der Waals surface area contributed by atoms with Crippen molar-refractivity contribution in [1.29, 1.82) is 0 Å². The van der Waals surface area contributed by atoms with Gasteiger partial charge >= 0.3 is 6.18 Å². The highest BCUT2D eigenvalue weighted by molar-refractivity contribution is 5.96.